The Labute approximate surface area is 237 Å². The molecule has 1 aliphatic carbocycles. The minimum absolute atomic E-state index is 0.254. The van der Waals surface area contributed by atoms with Gasteiger partial charge in [-0.15, -0.1) is 5.10 Å². The fourth-order valence-electron chi connectivity index (χ4n) is 5.30. The van der Waals surface area contributed by atoms with E-state index < -0.39 is 10.2 Å². The molecule has 40 heavy (non-hydrogen) atoms. The first kappa shape index (κ1) is 30.0. The molecule has 3 aromatic rings. The minimum Gasteiger partial charge on any atom is -0.493 e. The summed E-state index contributed by atoms with van der Waals surface area (Å²) in [6.45, 7) is 10.5. The van der Waals surface area contributed by atoms with Gasteiger partial charge in [0.1, 0.15) is 11.6 Å². The van der Waals surface area contributed by atoms with Crippen LogP contribution in [0.15, 0.2) is 23.0 Å². The lowest BCUT2D eigenvalue weighted by atomic mass is 9.89. The fourth-order valence-corrected chi connectivity index (χ4v) is 6.50. The smallest absolute Gasteiger partial charge is 0.301 e. The Morgan fingerprint density at radius 3 is 2.48 bits per heavy atom. The summed E-state index contributed by atoms with van der Waals surface area (Å²) in [4.78, 5) is 23.0. The van der Waals surface area contributed by atoms with Gasteiger partial charge < -0.3 is 14.6 Å². The number of aromatic nitrogens is 4. The predicted molar refractivity (Wildman–Crippen MR) is 158 cm³/mol. The zero-order chi connectivity index (χ0) is 28.9. The standard InChI is InChI=1S/C26H37N7O4S.C2H6/c1-4-16-37-22-11-10-20(30-38(35,36)32-14-12-31(3)13-15-32)17-21(22)24-28-26(34)23-18(2)27-25(33(23)29-24)19-8-6-5-7-9-19;1-2/h10-11,17,19,30H,4-9,12-16H2,1-3H3,(H,28,29,34);1-2H3. The van der Waals surface area contributed by atoms with Gasteiger partial charge in [0.25, 0.3) is 5.56 Å². The molecule has 2 N–H and O–H groups in total. The number of likely N-dealkylation sites (N-methyl/N-ethyl adjacent to an activating group) is 1. The summed E-state index contributed by atoms with van der Waals surface area (Å²) >= 11 is 0. The van der Waals surface area contributed by atoms with E-state index in [1.54, 1.807) is 22.7 Å². The summed E-state index contributed by atoms with van der Waals surface area (Å²) in [5.74, 6) is 1.90. The van der Waals surface area contributed by atoms with Crippen LogP contribution >= 0.6 is 0 Å². The Bertz CT molecular complexity index is 1450. The Kier molecular flexibility index (Phi) is 9.85. The van der Waals surface area contributed by atoms with Gasteiger partial charge in [0.05, 0.1) is 23.6 Å². The molecule has 0 amide bonds. The monoisotopic (exact) mass is 573 g/mol. The number of piperazine rings is 1. The second kappa shape index (κ2) is 13.1. The molecule has 3 heterocycles. The summed E-state index contributed by atoms with van der Waals surface area (Å²) in [6, 6.07) is 5.07. The summed E-state index contributed by atoms with van der Waals surface area (Å²) in [5, 5.41) is 4.83. The molecule has 5 rings (SSSR count). The van der Waals surface area contributed by atoms with Crippen LogP contribution < -0.4 is 15.0 Å². The number of H-pyrrole nitrogens is 1. The topological polar surface area (TPSA) is 125 Å². The number of aromatic amines is 1. The highest BCUT2D eigenvalue weighted by molar-refractivity contribution is 7.90. The van der Waals surface area contributed by atoms with Gasteiger partial charge in [0, 0.05) is 32.1 Å². The van der Waals surface area contributed by atoms with Crippen molar-refractivity contribution in [3.05, 3.63) is 40.1 Å². The number of nitrogens with zero attached hydrogens (tertiary/aromatic N) is 5. The van der Waals surface area contributed by atoms with Crippen molar-refractivity contribution >= 4 is 21.4 Å². The first-order chi connectivity index (χ1) is 19.3. The van der Waals surface area contributed by atoms with E-state index in [1.807, 2.05) is 34.7 Å². The van der Waals surface area contributed by atoms with Gasteiger partial charge in [0.15, 0.2) is 11.3 Å². The largest absolute Gasteiger partial charge is 0.493 e. The highest BCUT2D eigenvalue weighted by Crippen LogP contribution is 2.34. The van der Waals surface area contributed by atoms with Gasteiger partial charge >= 0.3 is 10.2 Å². The van der Waals surface area contributed by atoms with Crippen molar-refractivity contribution in [2.75, 3.05) is 44.6 Å². The van der Waals surface area contributed by atoms with Gasteiger partial charge in [-0.1, -0.05) is 40.0 Å². The van der Waals surface area contributed by atoms with Crippen LogP contribution in [0, 0.1) is 6.92 Å². The number of benzene rings is 1. The van der Waals surface area contributed by atoms with Crippen molar-refractivity contribution in [1.29, 1.82) is 0 Å². The molecule has 1 aliphatic heterocycles. The van der Waals surface area contributed by atoms with Crippen LogP contribution in [-0.2, 0) is 10.2 Å². The molecule has 12 heteroatoms. The number of rotatable bonds is 8. The van der Waals surface area contributed by atoms with Crippen molar-refractivity contribution < 1.29 is 13.2 Å². The molecular weight excluding hydrogens is 530 g/mol. The molecule has 0 unspecified atom stereocenters. The Morgan fingerprint density at radius 2 is 1.80 bits per heavy atom. The Morgan fingerprint density at radius 1 is 1.10 bits per heavy atom. The van der Waals surface area contributed by atoms with E-state index in [-0.39, 0.29) is 11.5 Å². The molecule has 2 fully saturated rings. The number of fused-ring (bicyclic) bond motifs is 1. The molecule has 220 valence electrons. The normalized spacial score (nSPS) is 17.4. The molecule has 0 bridgehead atoms. The predicted octanol–water partition coefficient (Wildman–Crippen LogP) is 4.16. The second-order valence-electron chi connectivity index (χ2n) is 10.3. The van der Waals surface area contributed by atoms with Crippen molar-refractivity contribution in [2.45, 2.75) is 72.1 Å². The fraction of sp³-hybridized carbons (Fsp3) is 0.607. The quantitative estimate of drug-likeness (QED) is 0.415. The van der Waals surface area contributed by atoms with E-state index in [9.17, 15) is 13.2 Å². The van der Waals surface area contributed by atoms with Crippen LogP contribution in [0.4, 0.5) is 5.69 Å². The third-order valence-corrected chi connectivity index (χ3v) is 8.96. The molecule has 2 aliphatic rings. The highest BCUT2D eigenvalue weighted by Gasteiger charge is 2.27. The lowest BCUT2D eigenvalue weighted by molar-refractivity contribution is 0.223. The summed E-state index contributed by atoms with van der Waals surface area (Å²) in [5.41, 5.74) is 1.70. The van der Waals surface area contributed by atoms with Crippen molar-refractivity contribution in [1.82, 2.24) is 28.8 Å². The third kappa shape index (κ3) is 6.50. The molecular formula is C28H43N7O4S. The Hall–Kier alpha value is -2.96. The molecule has 11 nitrogen and oxygen atoms in total. The maximum absolute atomic E-state index is 13.2. The molecule has 2 aromatic heterocycles. The first-order valence-electron chi connectivity index (χ1n) is 14.5. The van der Waals surface area contributed by atoms with Gasteiger partial charge in [-0.3, -0.25) is 9.52 Å². The SMILES string of the molecule is CC.CCCOc1ccc(NS(=O)(=O)N2CCN(C)CC2)cc1-c1nn2c(C3CCCCC3)nc(C)c2c(=O)[nH]1. The number of hydrogen-bond acceptors (Lipinski definition) is 7. The number of hydrogen-bond donors (Lipinski definition) is 2. The molecule has 1 saturated carbocycles. The minimum atomic E-state index is -3.74. The Balaban J connectivity index is 0.00000181. The lowest BCUT2D eigenvalue weighted by Gasteiger charge is -2.31. The molecule has 1 saturated heterocycles. The molecule has 0 spiro atoms. The summed E-state index contributed by atoms with van der Waals surface area (Å²) < 4.78 is 38.0. The molecule has 0 radical (unpaired) electrons. The number of aryl methyl sites for hydroxylation is 1. The van der Waals surface area contributed by atoms with Crippen LogP contribution in [-0.4, -0.2) is 77.0 Å². The highest BCUT2D eigenvalue weighted by atomic mass is 32.2. The van der Waals surface area contributed by atoms with Crippen LogP contribution in [0.25, 0.3) is 16.9 Å². The van der Waals surface area contributed by atoms with E-state index in [1.165, 1.54) is 10.7 Å². The van der Waals surface area contributed by atoms with E-state index in [2.05, 4.69) is 14.6 Å². The van der Waals surface area contributed by atoms with Crippen LogP contribution in [0.2, 0.25) is 0 Å². The summed E-state index contributed by atoms with van der Waals surface area (Å²) in [6.07, 6.45) is 6.34. The first-order valence-corrected chi connectivity index (χ1v) is 15.9. The molecule has 1 aromatic carbocycles. The average Bonchev–Trinajstić information content (AvgIpc) is 3.30. The van der Waals surface area contributed by atoms with Crippen molar-refractivity contribution in [3.63, 3.8) is 0 Å². The number of ether oxygens (including phenoxy) is 1. The molecule has 0 atom stereocenters. The number of nitrogens with one attached hydrogen (secondary N) is 2. The van der Waals surface area contributed by atoms with E-state index in [0.717, 1.165) is 37.9 Å². The second-order valence-corrected chi connectivity index (χ2v) is 12.0. The van der Waals surface area contributed by atoms with E-state index in [4.69, 9.17) is 14.8 Å². The van der Waals surface area contributed by atoms with Crippen molar-refractivity contribution in [2.24, 2.45) is 0 Å². The van der Waals surface area contributed by atoms with Gasteiger partial charge in [-0.05, 0) is 51.4 Å². The van der Waals surface area contributed by atoms with E-state index in [0.29, 0.717) is 66.8 Å². The van der Waals surface area contributed by atoms with Gasteiger partial charge in [-0.2, -0.15) is 12.7 Å². The van der Waals surface area contributed by atoms with Crippen LogP contribution in [0.5, 0.6) is 5.75 Å². The number of anilines is 1. The summed E-state index contributed by atoms with van der Waals surface area (Å²) in [7, 11) is -1.76. The zero-order valence-corrected chi connectivity index (χ0v) is 25.2. The van der Waals surface area contributed by atoms with Crippen molar-refractivity contribution in [3.8, 4) is 17.1 Å². The third-order valence-electron chi connectivity index (χ3n) is 7.42. The lowest BCUT2D eigenvalue weighted by Crippen LogP contribution is -2.48. The van der Waals surface area contributed by atoms with Crippen LogP contribution in [0.1, 0.15) is 76.7 Å². The maximum Gasteiger partial charge on any atom is 0.301 e. The zero-order valence-electron chi connectivity index (χ0n) is 24.4. The average molecular weight is 574 g/mol. The van der Waals surface area contributed by atoms with E-state index >= 15 is 0 Å². The maximum atomic E-state index is 13.2. The number of imidazole rings is 1. The van der Waals surface area contributed by atoms with Gasteiger partial charge in [0.2, 0.25) is 0 Å². The van der Waals surface area contributed by atoms with Gasteiger partial charge in [-0.25, -0.2) is 9.50 Å². The van der Waals surface area contributed by atoms with Crippen LogP contribution in [0.3, 0.4) is 0 Å².